The molecule has 136 valence electrons. The van der Waals surface area contributed by atoms with Gasteiger partial charge in [-0.3, -0.25) is 9.59 Å². The summed E-state index contributed by atoms with van der Waals surface area (Å²) in [6.45, 7) is 4.90. The highest BCUT2D eigenvalue weighted by Crippen LogP contribution is 2.17. The van der Waals surface area contributed by atoms with Crippen LogP contribution >= 0.6 is 0 Å². The van der Waals surface area contributed by atoms with Gasteiger partial charge in [-0.1, -0.05) is 18.2 Å². The zero-order valence-electron chi connectivity index (χ0n) is 15.0. The van der Waals surface area contributed by atoms with Gasteiger partial charge in [0.1, 0.15) is 0 Å². The van der Waals surface area contributed by atoms with Crippen molar-refractivity contribution in [1.29, 1.82) is 0 Å². The Morgan fingerprint density at radius 1 is 1.08 bits per heavy atom. The lowest BCUT2D eigenvalue weighted by Gasteiger charge is -2.24. The van der Waals surface area contributed by atoms with Gasteiger partial charge in [0.05, 0.1) is 6.61 Å². The summed E-state index contributed by atoms with van der Waals surface area (Å²) in [5, 5.41) is 2.85. The maximum absolute atomic E-state index is 12.7. The molecule has 2 amide bonds. The Balaban J connectivity index is 1.62. The van der Waals surface area contributed by atoms with E-state index in [2.05, 4.69) is 5.32 Å². The minimum absolute atomic E-state index is 0.0142. The van der Waals surface area contributed by atoms with Crippen molar-refractivity contribution in [2.75, 3.05) is 31.6 Å². The van der Waals surface area contributed by atoms with Crippen LogP contribution in [0.4, 0.5) is 5.69 Å². The van der Waals surface area contributed by atoms with Gasteiger partial charge in [-0.25, -0.2) is 0 Å². The molecule has 0 aromatic heterocycles. The van der Waals surface area contributed by atoms with Gasteiger partial charge in [0.25, 0.3) is 11.8 Å². The van der Waals surface area contributed by atoms with Crippen molar-refractivity contribution in [3.63, 3.8) is 0 Å². The lowest BCUT2D eigenvalue weighted by Crippen LogP contribution is -2.35. The smallest absolute Gasteiger partial charge is 0.255 e. The van der Waals surface area contributed by atoms with E-state index in [4.69, 9.17) is 4.74 Å². The zero-order valence-corrected chi connectivity index (χ0v) is 15.0. The second-order valence-electron chi connectivity index (χ2n) is 6.47. The molecule has 2 aromatic rings. The fourth-order valence-electron chi connectivity index (χ4n) is 3.07. The maximum Gasteiger partial charge on any atom is 0.255 e. The minimum Gasteiger partial charge on any atom is -0.381 e. The fraction of sp³-hybridized carbons (Fsp3) is 0.333. The molecule has 0 radical (unpaired) electrons. The molecular formula is C21H24N2O3. The Bertz CT molecular complexity index is 738. The molecular weight excluding hydrogens is 328 g/mol. The Kier molecular flexibility index (Phi) is 6.02. The largest absolute Gasteiger partial charge is 0.381 e. The van der Waals surface area contributed by atoms with Crippen molar-refractivity contribution in [2.24, 2.45) is 5.92 Å². The third-order valence-electron chi connectivity index (χ3n) is 4.60. The summed E-state index contributed by atoms with van der Waals surface area (Å²) in [6.07, 6.45) is 1.01. The van der Waals surface area contributed by atoms with E-state index in [0.717, 1.165) is 26.2 Å². The van der Waals surface area contributed by atoms with Crippen molar-refractivity contribution in [3.05, 3.63) is 65.7 Å². The van der Waals surface area contributed by atoms with E-state index in [1.54, 1.807) is 36.4 Å². The number of rotatable bonds is 6. The van der Waals surface area contributed by atoms with Crippen LogP contribution in [-0.4, -0.2) is 43.0 Å². The molecule has 2 aromatic carbocycles. The zero-order chi connectivity index (χ0) is 18.4. The molecule has 5 nitrogen and oxygen atoms in total. The van der Waals surface area contributed by atoms with Gasteiger partial charge >= 0.3 is 0 Å². The number of ether oxygens (including phenoxy) is 1. The van der Waals surface area contributed by atoms with Crippen LogP contribution in [0.3, 0.4) is 0 Å². The van der Waals surface area contributed by atoms with E-state index in [-0.39, 0.29) is 11.8 Å². The predicted octanol–water partition coefficient (Wildman–Crippen LogP) is 3.44. The summed E-state index contributed by atoms with van der Waals surface area (Å²) in [5.74, 6) is 0.268. The van der Waals surface area contributed by atoms with Gasteiger partial charge in [-0.15, -0.1) is 0 Å². The molecule has 3 rings (SSSR count). The van der Waals surface area contributed by atoms with Gasteiger partial charge in [-0.05, 0) is 49.7 Å². The summed E-state index contributed by atoms with van der Waals surface area (Å²) < 4.78 is 5.40. The third kappa shape index (κ3) is 4.49. The number of nitrogens with one attached hydrogen (secondary N) is 1. The highest BCUT2D eigenvalue weighted by atomic mass is 16.5. The highest BCUT2D eigenvalue weighted by molar-refractivity contribution is 6.04. The number of anilines is 1. The first-order chi connectivity index (χ1) is 12.7. The van der Waals surface area contributed by atoms with Crippen LogP contribution in [0.2, 0.25) is 0 Å². The lowest BCUT2D eigenvalue weighted by molar-refractivity contribution is 0.0730. The molecule has 1 saturated heterocycles. The molecule has 0 spiro atoms. The fourth-order valence-corrected chi connectivity index (χ4v) is 3.07. The van der Waals surface area contributed by atoms with E-state index in [1.807, 2.05) is 30.0 Å². The lowest BCUT2D eigenvalue weighted by atomic mass is 10.1. The maximum atomic E-state index is 12.7. The number of nitrogens with zero attached hydrogens (tertiary/aromatic N) is 1. The quantitative estimate of drug-likeness (QED) is 0.866. The monoisotopic (exact) mass is 352 g/mol. The number of hydrogen-bond acceptors (Lipinski definition) is 3. The molecule has 0 saturated carbocycles. The molecule has 1 N–H and O–H groups in total. The SMILES string of the molecule is CCN(CC1CCOC1)C(=O)c1ccc(NC(=O)c2ccccc2)cc1. The molecule has 0 aliphatic carbocycles. The summed E-state index contributed by atoms with van der Waals surface area (Å²) >= 11 is 0. The summed E-state index contributed by atoms with van der Waals surface area (Å²) in [5.41, 5.74) is 1.90. The highest BCUT2D eigenvalue weighted by Gasteiger charge is 2.22. The van der Waals surface area contributed by atoms with E-state index in [0.29, 0.717) is 29.3 Å². The number of amides is 2. The van der Waals surface area contributed by atoms with Crippen LogP contribution in [-0.2, 0) is 4.74 Å². The van der Waals surface area contributed by atoms with Crippen LogP contribution in [0.15, 0.2) is 54.6 Å². The van der Waals surface area contributed by atoms with Crippen molar-refractivity contribution in [1.82, 2.24) is 4.90 Å². The Labute approximate surface area is 154 Å². The van der Waals surface area contributed by atoms with Crippen molar-refractivity contribution < 1.29 is 14.3 Å². The first-order valence-electron chi connectivity index (χ1n) is 9.01. The van der Waals surface area contributed by atoms with Gasteiger partial charge < -0.3 is 15.0 Å². The molecule has 1 heterocycles. The molecule has 1 aliphatic rings. The van der Waals surface area contributed by atoms with Crippen LogP contribution < -0.4 is 5.32 Å². The van der Waals surface area contributed by atoms with Gasteiger partial charge in [0, 0.05) is 42.4 Å². The van der Waals surface area contributed by atoms with Crippen LogP contribution in [0.1, 0.15) is 34.1 Å². The molecule has 1 fully saturated rings. The molecule has 0 bridgehead atoms. The average molecular weight is 352 g/mol. The third-order valence-corrected chi connectivity index (χ3v) is 4.60. The molecule has 26 heavy (non-hydrogen) atoms. The molecule has 1 atom stereocenters. The normalized spacial score (nSPS) is 16.3. The second-order valence-corrected chi connectivity index (χ2v) is 6.47. The van der Waals surface area contributed by atoms with Crippen molar-refractivity contribution >= 4 is 17.5 Å². The first kappa shape index (κ1) is 18.1. The molecule has 1 aliphatic heterocycles. The minimum atomic E-state index is -0.166. The first-order valence-corrected chi connectivity index (χ1v) is 9.01. The summed E-state index contributed by atoms with van der Waals surface area (Å²) in [7, 11) is 0. The van der Waals surface area contributed by atoms with E-state index in [1.165, 1.54) is 0 Å². The average Bonchev–Trinajstić information content (AvgIpc) is 3.20. The Morgan fingerprint density at radius 2 is 1.81 bits per heavy atom. The Morgan fingerprint density at radius 3 is 2.42 bits per heavy atom. The van der Waals surface area contributed by atoms with Gasteiger partial charge in [0.2, 0.25) is 0 Å². The number of hydrogen-bond donors (Lipinski definition) is 1. The van der Waals surface area contributed by atoms with Crippen LogP contribution in [0.5, 0.6) is 0 Å². The van der Waals surface area contributed by atoms with Crippen molar-refractivity contribution in [3.8, 4) is 0 Å². The Hall–Kier alpha value is -2.66. The van der Waals surface area contributed by atoms with Crippen molar-refractivity contribution in [2.45, 2.75) is 13.3 Å². The van der Waals surface area contributed by atoms with Crippen LogP contribution in [0, 0.1) is 5.92 Å². The van der Waals surface area contributed by atoms with Gasteiger partial charge in [-0.2, -0.15) is 0 Å². The van der Waals surface area contributed by atoms with E-state index < -0.39 is 0 Å². The second kappa shape index (κ2) is 8.63. The molecule has 1 unspecified atom stereocenters. The number of carbonyl (C=O) groups is 2. The van der Waals surface area contributed by atoms with E-state index in [9.17, 15) is 9.59 Å². The van der Waals surface area contributed by atoms with Crippen LogP contribution in [0.25, 0.3) is 0 Å². The standard InChI is InChI=1S/C21H24N2O3/c1-2-23(14-16-12-13-26-15-16)21(25)18-8-10-19(11-9-18)22-20(24)17-6-4-3-5-7-17/h3-11,16H,2,12-15H2,1H3,(H,22,24). The van der Waals surface area contributed by atoms with Gasteiger partial charge in [0.15, 0.2) is 0 Å². The topological polar surface area (TPSA) is 58.6 Å². The summed E-state index contributed by atoms with van der Waals surface area (Å²) in [4.78, 5) is 26.8. The molecule has 5 heteroatoms. The summed E-state index contributed by atoms with van der Waals surface area (Å²) in [6, 6.07) is 16.1. The predicted molar refractivity (Wildman–Crippen MR) is 101 cm³/mol. The number of benzene rings is 2. The number of carbonyl (C=O) groups excluding carboxylic acids is 2. The van der Waals surface area contributed by atoms with E-state index >= 15 is 0 Å².